The van der Waals surface area contributed by atoms with Gasteiger partial charge >= 0.3 is 5.97 Å². The molecule has 1 aromatic heterocycles. The number of carbonyl (C=O) groups is 1. The van der Waals surface area contributed by atoms with E-state index in [4.69, 9.17) is 9.84 Å². The number of rotatable bonds is 3. The second kappa shape index (κ2) is 6.28. The number of likely N-dealkylation sites (tertiary alicyclic amines) is 1. The molecule has 3 rings (SSSR count). The van der Waals surface area contributed by atoms with E-state index in [0.717, 1.165) is 30.4 Å². The first kappa shape index (κ1) is 15.5. The van der Waals surface area contributed by atoms with Crippen LogP contribution in [0.1, 0.15) is 16.8 Å². The summed E-state index contributed by atoms with van der Waals surface area (Å²) >= 11 is 0. The van der Waals surface area contributed by atoms with Crippen LogP contribution in [0.2, 0.25) is 0 Å². The summed E-state index contributed by atoms with van der Waals surface area (Å²) in [4.78, 5) is 17.6. The van der Waals surface area contributed by atoms with E-state index in [0.29, 0.717) is 5.88 Å². The van der Waals surface area contributed by atoms with Gasteiger partial charge < -0.3 is 14.7 Å². The molecule has 112 valence electrons. The molecule has 1 aliphatic heterocycles. The van der Waals surface area contributed by atoms with Crippen LogP contribution in [0.4, 0.5) is 0 Å². The molecule has 0 bridgehead atoms. The standard InChI is InChI=1S/C15H16N2O3.ClH/c1-17-7-6-12(9-17)20-14-5-3-10-8-11(15(18)19)2-4-13(10)16-14;/h2-5,8,12H,6-7,9H2,1H3,(H,18,19);1H/t12-;/m1./s1. The lowest BCUT2D eigenvalue weighted by Crippen LogP contribution is -2.21. The van der Waals surface area contributed by atoms with Gasteiger partial charge in [0.2, 0.25) is 5.88 Å². The lowest BCUT2D eigenvalue weighted by molar-refractivity contribution is 0.0697. The zero-order chi connectivity index (χ0) is 14.1. The van der Waals surface area contributed by atoms with Gasteiger partial charge in [-0.25, -0.2) is 9.78 Å². The summed E-state index contributed by atoms with van der Waals surface area (Å²) < 4.78 is 5.86. The predicted octanol–water partition coefficient (Wildman–Crippen LogP) is 2.44. The van der Waals surface area contributed by atoms with Gasteiger partial charge in [0, 0.05) is 24.5 Å². The van der Waals surface area contributed by atoms with E-state index in [-0.39, 0.29) is 24.1 Å². The maximum absolute atomic E-state index is 10.9. The number of hydrogen-bond acceptors (Lipinski definition) is 4. The first-order chi connectivity index (χ1) is 9.61. The molecule has 0 amide bonds. The Balaban J connectivity index is 0.00000161. The number of carboxylic acids is 1. The zero-order valence-electron chi connectivity index (χ0n) is 11.7. The van der Waals surface area contributed by atoms with Crippen molar-refractivity contribution >= 4 is 29.3 Å². The molecule has 5 nitrogen and oxygen atoms in total. The van der Waals surface area contributed by atoms with Crippen LogP contribution >= 0.6 is 12.4 Å². The molecule has 0 spiro atoms. The van der Waals surface area contributed by atoms with E-state index < -0.39 is 5.97 Å². The minimum atomic E-state index is -0.929. The molecule has 6 heteroatoms. The minimum absolute atomic E-state index is 0. The molecule has 0 saturated carbocycles. The summed E-state index contributed by atoms with van der Waals surface area (Å²) in [5.41, 5.74) is 1.02. The number of halogens is 1. The Morgan fingerprint density at radius 1 is 1.38 bits per heavy atom. The van der Waals surface area contributed by atoms with Gasteiger partial charge in [-0.1, -0.05) is 0 Å². The van der Waals surface area contributed by atoms with Crippen LogP contribution in [0.3, 0.4) is 0 Å². The third kappa shape index (κ3) is 3.43. The predicted molar refractivity (Wildman–Crippen MR) is 82.5 cm³/mol. The van der Waals surface area contributed by atoms with Gasteiger partial charge in [-0.05, 0) is 37.7 Å². The van der Waals surface area contributed by atoms with Crippen molar-refractivity contribution in [3.8, 4) is 5.88 Å². The minimum Gasteiger partial charge on any atom is -0.478 e. The Kier molecular flexibility index (Phi) is 4.65. The molecule has 1 saturated heterocycles. The van der Waals surface area contributed by atoms with Gasteiger partial charge in [-0.3, -0.25) is 0 Å². The Labute approximate surface area is 128 Å². The van der Waals surface area contributed by atoms with Gasteiger partial charge in [-0.2, -0.15) is 0 Å². The van der Waals surface area contributed by atoms with Crippen LogP contribution in [-0.2, 0) is 0 Å². The number of hydrogen-bond donors (Lipinski definition) is 1. The summed E-state index contributed by atoms with van der Waals surface area (Å²) in [7, 11) is 2.07. The third-order valence-corrected chi connectivity index (χ3v) is 3.55. The second-order valence-corrected chi connectivity index (χ2v) is 5.15. The molecule has 1 fully saturated rings. The molecule has 1 N–H and O–H groups in total. The smallest absolute Gasteiger partial charge is 0.335 e. The van der Waals surface area contributed by atoms with Crippen LogP contribution in [0.15, 0.2) is 30.3 Å². The highest BCUT2D eigenvalue weighted by Gasteiger charge is 2.21. The fourth-order valence-corrected chi connectivity index (χ4v) is 2.47. The first-order valence-electron chi connectivity index (χ1n) is 6.61. The van der Waals surface area contributed by atoms with Crippen LogP contribution < -0.4 is 4.74 Å². The Hall–Kier alpha value is -1.85. The van der Waals surface area contributed by atoms with Crippen molar-refractivity contribution in [3.63, 3.8) is 0 Å². The van der Waals surface area contributed by atoms with Gasteiger partial charge in [0.15, 0.2) is 0 Å². The molecule has 21 heavy (non-hydrogen) atoms. The number of nitrogens with zero attached hydrogens (tertiary/aromatic N) is 2. The normalized spacial score (nSPS) is 18.4. The molecule has 1 aromatic carbocycles. The van der Waals surface area contributed by atoms with E-state index in [1.54, 1.807) is 24.3 Å². The monoisotopic (exact) mass is 308 g/mol. The zero-order valence-corrected chi connectivity index (χ0v) is 12.5. The molecule has 0 radical (unpaired) electrons. The van der Waals surface area contributed by atoms with Crippen LogP contribution in [0.25, 0.3) is 10.9 Å². The average molecular weight is 309 g/mol. The average Bonchev–Trinajstić information content (AvgIpc) is 2.83. The Morgan fingerprint density at radius 3 is 2.86 bits per heavy atom. The lowest BCUT2D eigenvalue weighted by Gasteiger charge is -2.13. The number of aromatic nitrogens is 1. The van der Waals surface area contributed by atoms with Crippen LogP contribution in [0.5, 0.6) is 5.88 Å². The fourth-order valence-electron chi connectivity index (χ4n) is 2.47. The highest BCUT2D eigenvalue weighted by atomic mass is 35.5. The molecule has 1 aliphatic rings. The van der Waals surface area contributed by atoms with E-state index in [9.17, 15) is 4.79 Å². The third-order valence-electron chi connectivity index (χ3n) is 3.55. The fraction of sp³-hybridized carbons (Fsp3) is 0.333. The van der Waals surface area contributed by atoms with Crippen molar-refractivity contribution < 1.29 is 14.6 Å². The SMILES string of the molecule is CN1CC[C@@H](Oc2ccc3cc(C(=O)O)ccc3n2)C1.Cl. The second-order valence-electron chi connectivity index (χ2n) is 5.15. The van der Waals surface area contributed by atoms with Crippen molar-refractivity contribution in [2.45, 2.75) is 12.5 Å². The van der Waals surface area contributed by atoms with Gasteiger partial charge in [0.25, 0.3) is 0 Å². The van der Waals surface area contributed by atoms with Gasteiger partial charge in [0.05, 0.1) is 11.1 Å². The molecular formula is C15H17ClN2O3. The molecular weight excluding hydrogens is 292 g/mol. The Bertz CT molecular complexity index is 662. The van der Waals surface area contributed by atoms with Crippen molar-refractivity contribution in [3.05, 3.63) is 35.9 Å². The maximum atomic E-state index is 10.9. The van der Waals surface area contributed by atoms with E-state index in [2.05, 4.69) is 16.9 Å². The summed E-state index contributed by atoms with van der Waals surface area (Å²) in [6, 6.07) is 8.55. The van der Waals surface area contributed by atoms with Gasteiger partial charge in [0.1, 0.15) is 6.10 Å². The molecule has 2 heterocycles. The quantitative estimate of drug-likeness (QED) is 0.943. The van der Waals surface area contributed by atoms with E-state index >= 15 is 0 Å². The number of benzene rings is 1. The molecule has 0 aliphatic carbocycles. The summed E-state index contributed by atoms with van der Waals surface area (Å²) in [6.07, 6.45) is 1.19. The number of likely N-dealkylation sites (N-methyl/N-ethyl adjacent to an activating group) is 1. The largest absolute Gasteiger partial charge is 0.478 e. The van der Waals surface area contributed by atoms with Crippen molar-refractivity contribution in [2.24, 2.45) is 0 Å². The van der Waals surface area contributed by atoms with Crippen molar-refractivity contribution in [1.29, 1.82) is 0 Å². The number of fused-ring (bicyclic) bond motifs is 1. The summed E-state index contributed by atoms with van der Waals surface area (Å²) in [6.45, 7) is 1.96. The highest BCUT2D eigenvalue weighted by molar-refractivity contribution is 5.93. The first-order valence-corrected chi connectivity index (χ1v) is 6.61. The topological polar surface area (TPSA) is 62.7 Å². The van der Waals surface area contributed by atoms with Crippen LogP contribution in [0, 0.1) is 0 Å². The number of aromatic carboxylic acids is 1. The van der Waals surface area contributed by atoms with E-state index in [1.807, 2.05) is 6.07 Å². The Morgan fingerprint density at radius 2 is 2.19 bits per heavy atom. The van der Waals surface area contributed by atoms with Gasteiger partial charge in [-0.15, -0.1) is 12.4 Å². The van der Waals surface area contributed by atoms with Crippen molar-refractivity contribution in [2.75, 3.05) is 20.1 Å². The number of ether oxygens (including phenoxy) is 1. The summed E-state index contributed by atoms with van der Waals surface area (Å²) in [5.74, 6) is -0.331. The van der Waals surface area contributed by atoms with Crippen molar-refractivity contribution in [1.82, 2.24) is 9.88 Å². The highest BCUT2D eigenvalue weighted by Crippen LogP contribution is 2.21. The maximum Gasteiger partial charge on any atom is 0.335 e. The lowest BCUT2D eigenvalue weighted by atomic mass is 10.1. The molecule has 2 aromatic rings. The molecule has 1 atom stereocenters. The van der Waals surface area contributed by atoms with E-state index in [1.165, 1.54) is 0 Å². The summed E-state index contributed by atoms with van der Waals surface area (Å²) in [5, 5.41) is 9.77. The molecule has 0 unspecified atom stereocenters. The van der Waals surface area contributed by atoms with Crippen LogP contribution in [-0.4, -0.2) is 47.2 Å². The number of pyridine rings is 1. The number of carboxylic acid groups (broad SMARTS) is 1.